The summed E-state index contributed by atoms with van der Waals surface area (Å²) in [5.41, 5.74) is -0.152. The number of sulfone groups is 1. The molecule has 0 saturated carbocycles. The molecule has 8 heteroatoms. The average Bonchev–Trinajstić information content (AvgIpc) is 2.48. The van der Waals surface area contributed by atoms with Crippen LogP contribution in [0.5, 0.6) is 11.5 Å². The number of nitrogens with zero attached hydrogens (tertiary/aromatic N) is 1. The quantitative estimate of drug-likeness (QED) is 0.553. The van der Waals surface area contributed by atoms with Crippen molar-refractivity contribution < 1.29 is 18.1 Å². The van der Waals surface area contributed by atoms with E-state index in [1.54, 1.807) is 12.1 Å². The lowest BCUT2D eigenvalue weighted by Crippen LogP contribution is -2.11. The second-order valence-corrected chi connectivity index (χ2v) is 8.07. The van der Waals surface area contributed by atoms with Gasteiger partial charge in [-0.05, 0) is 30.2 Å². The van der Waals surface area contributed by atoms with Crippen LogP contribution in [0.3, 0.4) is 0 Å². The molecule has 2 rings (SSSR count). The summed E-state index contributed by atoms with van der Waals surface area (Å²) < 4.78 is 30.1. The van der Waals surface area contributed by atoms with Crippen molar-refractivity contribution in [3.63, 3.8) is 0 Å². The molecule has 0 atom stereocenters. The number of nitro benzene ring substituents is 1. The topological polar surface area (TPSA) is 86.5 Å². The van der Waals surface area contributed by atoms with Gasteiger partial charge in [0.05, 0.1) is 20.6 Å². The maximum atomic E-state index is 12.3. The lowest BCUT2D eigenvalue weighted by atomic mass is 10.3. The molecule has 0 saturated heterocycles. The van der Waals surface area contributed by atoms with E-state index in [0.717, 1.165) is 0 Å². The van der Waals surface area contributed by atoms with Crippen molar-refractivity contribution in [3.8, 4) is 11.5 Å². The minimum Gasteiger partial charge on any atom is -0.456 e. The van der Waals surface area contributed by atoms with Crippen molar-refractivity contribution in [2.24, 2.45) is 5.92 Å². The standard InChI is InChI=1S/C16H16ClNO5S/c1-11(2)10-24(21,22)14-5-3-4-13(9-14)23-16-7-6-12(18(19)20)8-15(16)17/h3-9,11H,10H2,1-2H3. The second kappa shape index (κ2) is 7.19. The molecule has 0 spiro atoms. The lowest BCUT2D eigenvalue weighted by Gasteiger charge is -2.10. The molecule has 0 heterocycles. The highest BCUT2D eigenvalue weighted by atomic mass is 35.5. The number of non-ortho nitro benzene ring substituents is 1. The molecule has 0 amide bonds. The van der Waals surface area contributed by atoms with Crippen LogP contribution in [0, 0.1) is 16.0 Å². The van der Waals surface area contributed by atoms with Crippen molar-refractivity contribution in [3.05, 3.63) is 57.6 Å². The molecule has 0 bridgehead atoms. The summed E-state index contributed by atoms with van der Waals surface area (Å²) in [5, 5.41) is 10.8. The number of rotatable bonds is 6. The molecule has 0 fully saturated rings. The van der Waals surface area contributed by atoms with Gasteiger partial charge in [-0.25, -0.2) is 8.42 Å². The highest BCUT2D eigenvalue weighted by Crippen LogP contribution is 2.33. The fourth-order valence-electron chi connectivity index (χ4n) is 2.08. The van der Waals surface area contributed by atoms with E-state index >= 15 is 0 Å². The summed E-state index contributed by atoms with van der Waals surface area (Å²) in [6.07, 6.45) is 0. The third kappa shape index (κ3) is 4.46. The van der Waals surface area contributed by atoms with Gasteiger partial charge in [0.15, 0.2) is 9.84 Å². The Bertz CT molecular complexity index is 865. The van der Waals surface area contributed by atoms with Gasteiger partial charge in [-0.3, -0.25) is 10.1 Å². The normalized spacial score (nSPS) is 11.5. The predicted octanol–water partition coefficient (Wildman–Crippen LogP) is 4.47. The Morgan fingerprint density at radius 1 is 1.21 bits per heavy atom. The monoisotopic (exact) mass is 369 g/mol. The zero-order chi connectivity index (χ0) is 17.9. The summed E-state index contributed by atoms with van der Waals surface area (Å²) in [6.45, 7) is 3.66. The second-order valence-electron chi connectivity index (χ2n) is 5.62. The number of benzene rings is 2. The summed E-state index contributed by atoms with van der Waals surface area (Å²) >= 11 is 5.97. The van der Waals surface area contributed by atoms with Gasteiger partial charge >= 0.3 is 0 Å². The first-order valence-corrected chi connectivity index (χ1v) is 9.16. The Labute approximate surface area is 145 Å². The first kappa shape index (κ1) is 18.2. The maximum absolute atomic E-state index is 12.3. The Hall–Kier alpha value is -2.12. The predicted molar refractivity (Wildman–Crippen MR) is 91.5 cm³/mol. The number of hydrogen-bond acceptors (Lipinski definition) is 5. The molecule has 24 heavy (non-hydrogen) atoms. The van der Waals surface area contributed by atoms with E-state index in [-0.39, 0.29) is 38.8 Å². The van der Waals surface area contributed by atoms with E-state index in [2.05, 4.69) is 0 Å². The molecule has 0 N–H and O–H groups in total. The van der Waals surface area contributed by atoms with Crippen LogP contribution in [0.25, 0.3) is 0 Å². The van der Waals surface area contributed by atoms with Crippen LogP contribution in [-0.4, -0.2) is 19.1 Å². The summed E-state index contributed by atoms with van der Waals surface area (Å²) in [7, 11) is -3.40. The van der Waals surface area contributed by atoms with E-state index in [4.69, 9.17) is 16.3 Å². The molecule has 0 aliphatic rings. The molecule has 6 nitrogen and oxygen atoms in total. The number of halogens is 1. The van der Waals surface area contributed by atoms with Crippen LogP contribution in [0.4, 0.5) is 5.69 Å². The molecule has 0 radical (unpaired) electrons. The molecule has 0 aliphatic carbocycles. The highest BCUT2D eigenvalue weighted by Gasteiger charge is 2.17. The van der Waals surface area contributed by atoms with Gasteiger partial charge in [0.2, 0.25) is 0 Å². The average molecular weight is 370 g/mol. The SMILES string of the molecule is CC(C)CS(=O)(=O)c1cccc(Oc2ccc([N+](=O)[O-])cc2Cl)c1. The molecule has 0 aromatic heterocycles. The van der Waals surface area contributed by atoms with Crippen molar-refractivity contribution in [1.82, 2.24) is 0 Å². The number of nitro groups is 1. The smallest absolute Gasteiger partial charge is 0.271 e. The largest absolute Gasteiger partial charge is 0.456 e. The molecular weight excluding hydrogens is 354 g/mol. The van der Waals surface area contributed by atoms with Crippen molar-refractivity contribution in [2.75, 3.05) is 5.75 Å². The number of hydrogen-bond donors (Lipinski definition) is 0. The molecule has 0 unspecified atom stereocenters. The minimum absolute atomic E-state index is 0.00342. The van der Waals surface area contributed by atoms with E-state index < -0.39 is 14.8 Å². The number of ether oxygens (including phenoxy) is 1. The fourth-order valence-corrected chi connectivity index (χ4v) is 3.94. The Kier molecular flexibility index (Phi) is 5.46. The lowest BCUT2D eigenvalue weighted by molar-refractivity contribution is -0.384. The molecule has 2 aromatic carbocycles. The van der Waals surface area contributed by atoms with Crippen LogP contribution in [0.15, 0.2) is 47.4 Å². The maximum Gasteiger partial charge on any atom is 0.271 e. The van der Waals surface area contributed by atoms with Crippen LogP contribution in [0.1, 0.15) is 13.8 Å². The van der Waals surface area contributed by atoms with Gasteiger partial charge in [-0.2, -0.15) is 0 Å². The van der Waals surface area contributed by atoms with Gasteiger partial charge in [-0.15, -0.1) is 0 Å². The van der Waals surface area contributed by atoms with E-state index in [9.17, 15) is 18.5 Å². The molecule has 128 valence electrons. The van der Waals surface area contributed by atoms with Crippen LogP contribution >= 0.6 is 11.6 Å². The minimum atomic E-state index is -3.40. The van der Waals surface area contributed by atoms with Crippen molar-refractivity contribution >= 4 is 27.1 Å². The van der Waals surface area contributed by atoms with Crippen LogP contribution < -0.4 is 4.74 Å². The van der Waals surface area contributed by atoms with E-state index in [1.807, 2.05) is 13.8 Å². The van der Waals surface area contributed by atoms with E-state index in [0.29, 0.717) is 0 Å². The third-order valence-electron chi connectivity index (χ3n) is 3.07. The Balaban J connectivity index is 2.29. The van der Waals surface area contributed by atoms with Crippen molar-refractivity contribution in [1.29, 1.82) is 0 Å². The first-order valence-electron chi connectivity index (χ1n) is 7.13. The van der Waals surface area contributed by atoms with Crippen molar-refractivity contribution in [2.45, 2.75) is 18.7 Å². The van der Waals surface area contributed by atoms with Gasteiger partial charge in [-0.1, -0.05) is 31.5 Å². The fraction of sp³-hybridized carbons (Fsp3) is 0.250. The van der Waals surface area contributed by atoms with Gasteiger partial charge in [0, 0.05) is 12.1 Å². The Morgan fingerprint density at radius 3 is 2.50 bits per heavy atom. The van der Waals surface area contributed by atoms with Crippen LogP contribution in [-0.2, 0) is 9.84 Å². The highest BCUT2D eigenvalue weighted by molar-refractivity contribution is 7.91. The zero-order valence-electron chi connectivity index (χ0n) is 13.1. The van der Waals surface area contributed by atoms with Gasteiger partial charge in [0.1, 0.15) is 11.5 Å². The Morgan fingerprint density at radius 2 is 1.92 bits per heavy atom. The van der Waals surface area contributed by atoms with Crippen LogP contribution in [0.2, 0.25) is 5.02 Å². The molecular formula is C16H16ClNO5S. The molecule has 0 aliphatic heterocycles. The summed E-state index contributed by atoms with van der Waals surface area (Å²) in [6, 6.07) is 9.89. The summed E-state index contributed by atoms with van der Waals surface area (Å²) in [5.74, 6) is 0.536. The van der Waals surface area contributed by atoms with Gasteiger partial charge < -0.3 is 4.74 Å². The third-order valence-corrected chi connectivity index (χ3v) is 5.44. The van der Waals surface area contributed by atoms with Gasteiger partial charge in [0.25, 0.3) is 5.69 Å². The zero-order valence-corrected chi connectivity index (χ0v) is 14.7. The first-order chi connectivity index (χ1) is 11.2. The molecule has 2 aromatic rings. The summed E-state index contributed by atoms with van der Waals surface area (Å²) in [4.78, 5) is 10.3. The van der Waals surface area contributed by atoms with E-state index in [1.165, 1.54) is 30.3 Å².